The molecule has 0 radical (unpaired) electrons. The van der Waals surface area contributed by atoms with Gasteiger partial charge in [-0.1, -0.05) is 0 Å². The number of piperidine rings is 2. The fourth-order valence-electron chi connectivity index (χ4n) is 4.58. The van der Waals surface area contributed by atoms with Gasteiger partial charge in [0.15, 0.2) is 0 Å². The zero-order valence-corrected chi connectivity index (χ0v) is 27.1. The van der Waals surface area contributed by atoms with Gasteiger partial charge < -0.3 is 38.0 Å². The molecule has 0 bridgehead atoms. The summed E-state index contributed by atoms with van der Waals surface area (Å²) in [6.45, 7) is 8.91. The molecule has 2 fully saturated rings. The third-order valence-electron chi connectivity index (χ3n) is 6.50. The molecule has 0 atom stereocenters. The Bertz CT molecular complexity index is 1140. The van der Waals surface area contributed by atoms with Gasteiger partial charge in [0.2, 0.25) is 0 Å². The molecule has 0 unspecified atom stereocenters. The molecule has 0 aliphatic carbocycles. The van der Waals surface area contributed by atoms with Crippen molar-refractivity contribution in [3.05, 3.63) is 48.5 Å². The number of hydrogen-bond acceptors (Lipinski definition) is 6. The number of carbonyl (C=O) groups is 1. The number of anilines is 2. The summed E-state index contributed by atoms with van der Waals surface area (Å²) in [6.07, 6.45) is 3.41. The van der Waals surface area contributed by atoms with E-state index in [0.29, 0.717) is 19.1 Å². The van der Waals surface area contributed by atoms with Crippen molar-refractivity contribution in [2.75, 3.05) is 36.8 Å². The van der Waals surface area contributed by atoms with Gasteiger partial charge in [-0.05, 0) is 106 Å². The molecular weight excluding hydrogens is 650 g/mol. The molecule has 2 aromatic rings. The van der Waals surface area contributed by atoms with Crippen LogP contribution in [0.25, 0.3) is 0 Å². The van der Waals surface area contributed by atoms with Gasteiger partial charge in [-0.15, -0.1) is 0 Å². The lowest BCUT2D eigenvalue weighted by atomic mass is 10.0. The van der Waals surface area contributed by atoms with Crippen LogP contribution in [0.4, 0.5) is 42.5 Å². The molecule has 0 saturated carbocycles. The molecular formula is C29H39ClF6N4O2S2. The first-order valence-electron chi connectivity index (χ1n) is 14.1. The van der Waals surface area contributed by atoms with E-state index in [1.807, 2.05) is 20.8 Å². The zero-order valence-electron chi connectivity index (χ0n) is 24.7. The van der Waals surface area contributed by atoms with Gasteiger partial charge in [0.25, 0.3) is 0 Å². The van der Waals surface area contributed by atoms with E-state index in [4.69, 9.17) is 4.74 Å². The highest BCUT2D eigenvalue weighted by molar-refractivity contribution is 8.00. The quantitative estimate of drug-likeness (QED) is 0.306. The van der Waals surface area contributed by atoms with E-state index in [1.165, 1.54) is 24.3 Å². The predicted molar refractivity (Wildman–Crippen MR) is 159 cm³/mol. The van der Waals surface area contributed by atoms with E-state index in [0.717, 1.165) is 50.1 Å². The molecule has 4 rings (SSSR count). The molecule has 2 aliphatic heterocycles. The van der Waals surface area contributed by atoms with E-state index >= 15 is 0 Å². The summed E-state index contributed by atoms with van der Waals surface area (Å²) in [6, 6.07) is 13.3. The van der Waals surface area contributed by atoms with Crippen LogP contribution in [0.2, 0.25) is 0 Å². The lowest BCUT2D eigenvalue weighted by Crippen LogP contribution is -3.00. The molecule has 2 aromatic carbocycles. The van der Waals surface area contributed by atoms with Crippen molar-refractivity contribution in [1.29, 1.82) is 0 Å². The van der Waals surface area contributed by atoms with Crippen LogP contribution < -0.4 is 28.4 Å². The fraction of sp³-hybridized carbons (Fsp3) is 0.552. The monoisotopic (exact) mass is 688 g/mol. The number of nitrogens with one attached hydrogen (secondary N) is 2. The first-order chi connectivity index (χ1) is 20.0. The van der Waals surface area contributed by atoms with Crippen molar-refractivity contribution < 1.29 is 53.6 Å². The summed E-state index contributed by atoms with van der Waals surface area (Å²) in [5, 5.41) is 8.95. The highest BCUT2D eigenvalue weighted by atomic mass is 35.5. The number of hydrogen-bond donors (Lipinski definition) is 3. The van der Waals surface area contributed by atoms with Gasteiger partial charge in [0.1, 0.15) is 5.60 Å². The fourth-order valence-corrected chi connectivity index (χ4v) is 5.66. The lowest BCUT2D eigenvalue weighted by Gasteiger charge is -2.34. The molecule has 44 heavy (non-hydrogen) atoms. The van der Waals surface area contributed by atoms with Crippen LogP contribution in [-0.2, 0) is 4.74 Å². The van der Waals surface area contributed by atoms with Gasteiger partial charge >= 0.3 is 17.1 Å². The number of nitrogens with two attached hydrogens (primary N) is 1. The maximum absolute atomic E-state index is 12.3. The van der Waals surface area contributed by atoms with Crippen LogP contribution in [0.15, 0.2) is 58.3 Å². The van der Waals surface area contributed by atoms with Crippen molar-refractivity contribution >= 4 is 41.0 Å². The smallest absolute Gasteiger partial charge is 0.446 e. The first-order valence-corrected chi connectivity index (χ1v) is 15.7. The Morgan fingerprint density at radius 3 is 1.50 bits per heavy atom. The third kappa shape index (κ3) is 15.2. The van der Waals surface area contributed by atoms with Gasteiger partial charge in [0, 0.05) is 59.2 Å². The van der Waals surface area contributed by atoms with Crippen molar-refractivity contribution in [3.8, 4) is 0 Å². The predicted octanol–water partition coefficient (Wildman–Crippen LogP) is 4.55. The number of quaternary nitrogens is 1. The second-order valence-corrected chi connectivity index (χ2v) is 13.6. The Kier molecular flexibility index (Phi) is 14.6. The molecule has 0 aromatic heterocycles. The molecule has 2 aliphatic rings. The van der Waals surface area contributed by atoms with Crippen LogP contribution in [0.5, 0.6) is 0 Å². The van der Waals surface area contributed by atoms with E-state index in [1.54, 1.807) is 29.2 Å². The number of benzene rings is 2. The summed E-state index contributed by atoms with van der Waals surface area (Å²) in [7, 11) is 0. The van der Waals surface area contributed by atoms with Crippen LogP contribution in [0.3, 0.4) is 0 Å². The van der Waals surface area contributed by atoms with Crippen molar-refractivity contribution in [2.45, 2.75) is 84.9 Å². The van der Waals surface area contributed by atoms with Crippen LogP contribution in [0, 0.1) is 0 Å². The van der Waals surface area contributed by atoms with Crippen LogP contribution in [0.1, 0.15) is 46.5 Å². The van der Waals surface area contributed by atoms with Gasteiger partial charge in [0.05, 0.1) is 13.1 Å². The van der Waals surface area contributed by atoms with Crippen molar-refractivity contribution in [2.24, 2.45) is 0 Å². The molecule has 15 heteroatoms. The normalized spacial score (nSPS) is 16.7. The Morgan fingerprint density at radius 2 is 1.14 bits per heavy atom. The van der Waals surface area contributed by atoms with Crippen LogP contribution >= 0.6 is 23.5 Å². The molecule has 248 valence electrons. The summed E-state index contributed by atoms with van der Waals surface area (Å²) < 4.78 is 78.8. The third-order valence-corrected chi connectivity index (χ3v) is 7.98. The molecule has 4 N–H and O–H groups in total. The minimum atomic E-state index is -4.27. The minimum Gasteiger partial charge on any atom is -1.00 e. The van der Waals surface area contributed by atoms with Crippen molar-refractivity contribution in [3.63, 3.8) is 0 Å². The topological polar surface area (TPSA) is 70.2 Å². The number of carbonyl (C=O) groups excluding carboxylic acids is 1. The first kappa shape index (κ1) is 38.0. The molecule has 0 spiro atoms. The summed E-state index contributed by atoms with van der Waals surface area (Å²) in [4.78, 5) is 14.1. The van der Waals surface area contributed by atoms with E-state index in [2.05, 4.69) is 16.0 Å². The SMILES string of the molecule is CC(C)(C)OC(=O)N1CCC(Nc2ccc(SC(F)(F)F)cc2)CC1.FC(F)(F)Sc1ccc(NC2CC[NH2+]CC2)cc1.[Cl-]. The second-order valence-electron chi connectivity index (χ2n) is 11.3. The number of ether oxygens (including phenoxy) is 1. The Hall–Kier alpha value is -2.16. The Labute approximate surface area is 269 Å². The largest absolute Gasteiger partial charge is 1.00 e. The van der Waals surface area contributed by atoms with E-state index in [9.17, 15) is 31.1 Å². The van der Waals surface area contributed by atoms with Gasteiger partial charge in [-0.25, -0.2) is 4.79 Å². The van der Waals surface area contributed by atoms with Gasteiger partial charge in [-0.2, -0.15) is 26.3 Å². The molecule has 1 amide bonds. The number of likely N-dealkylation sites (tertiary alicyclic amines) is 1. The van der Waals surface area contributed by atoms with E-state index < -0.39 is 16.6 Å². The standard InChI is InChI=1S/C17H23F3N2O2S.C12H15F3N2S.ClH/c1-16(2,3)24-15(23)22-10-8-13(9-11-22)21-12-4-6-14(7-5-12)25-17(18,19)20;13-12(14,15)18-11-3-1-9(2-4-11)17-10-5-7-16-8-6-10;/h4-7,13,21H,8-11H2,1-3H3;1-4,10,16-17H,5-8H2;1H. The number of thioether (sulfide) groups is 2. The van der Waals surface area contributed by atoms with E-state index in [-0.39, 0.29) is 57.9 Å². The summed E-state index contributed by atoms with van der Waals surface area (Å²) in [5.41, 5.74) is -7.32. The zero-order chi connectivity index (χ0) is 31.7. The van der Waals surface area contributed by atoms with Gasteiger partial charge in [-0.3, -0.25) is 0 Å². The summed E-state index contributed by atoms with van der Waals surface area (Å²) >= 11 is -0.200. The minimum absolute atomic E-state index is 0. The Balaban J connectivity index is 0.000000315. The lowest BCUT2D eigenvalue weighted by molar-refractivity contribution is -0.662. The number of amides is 1. The maximum atomic E-state index is 12.3. The maximum Gasteiger partial charge on any atom is 0.446 e. The molecule has 6 nitrogen and oxygen atoms in total. The highest BCUT2D eigenvalue weighted by Crippen LogP contribution is 2.38. The number of rotatable bonds is 6. The van der Waals surface area contributed by atoms with Crippen molar-refractivity contribution in [1.82, 2.24) is 4.90 Å². The van der Waals surface area contributed by atoms with Crippen LogP contribution in [-0.4, -0.2) is 65.9 Å². The second kappa shape index (κ2) is 17.0. The molecule has 2 saturated heterocycles. The number of nitrogens with zero attached hydrogens (tertiary/aromatic N) is 1. The molecule has 2 heterocycles. The average Bonchev–Trinajstić information content (AvgIpc) is 2.90. The number of alkyl halides is 6. The number of halogens is 7. The average molecular weight is 689 g/mol. The Morgan fingerprint density at radius 1 is 0.750 bits per heavy atom. The highest BCUT2D eigenvalue weighted by Gasteiger charge is 2.30. The summed E-state index contributed by atoms with van der Waals surface area (Å²) in [5.74, 6) is 0.